The number of benzene rings is 3. The smallest absolute Gasteiger partial charge is 0.188 e. The predicted molar refractivity (Wildman–Crippen MR) is 126 cm³/mol. The average molecular weight is 407 g/mol. The highest BCUT2D eigenvalue weighted by Gasteiger charge is 1.97. The molecule has 154 valence electrons. The van der Waals surface area contributed by atoms with Crippen LogP contribution < -0.4 is 0 Å². The highest BCUT2D eigenvalue weighted by molar-refractivity contribution is 5.51. The molecular formula is C29H26O2. The number of aryl methyl sites for hydroxylation is 2. The van der Waals surface area contributed by atoms with Gasteiger partial charge in [0.1, 0.15) is 0 Å². The molecule has 0 unspecified atom stereocenters. The van der Waals surface area contributed by atoms with Gasteiger partial charge in [-0.25, -0.2) is 0 Å². The van der Waals surface area contributed by atoms with Crippen molar-refractivity contribution < 1.29 is 9.47 Å². The normalized spacial score (nSPS) is 9.74. The van der Waals surface area contributed by atoms with Crippen molar-refractivity contribution >= 4 is 0 Å². The highest BCUT2D eigenvalue weighted by Crippen LogP contribution is 2.11. The first-order valence-corrected chi connectivity index (χ1v) is 10.3. The molecule has 3 aromatic rings. The van der Waals surface area contributed by atoms with Gasteiger partial charge in [0.05, 0.1) is 12.9 Å². The third-order valence-electron chi connectivity index (χ3n) is 4.77. The second-order valence-electron chi connectivity index (χ2n) is 7.08. The fraction of sp³-hybridized carbons (Fsp3) is 0.172. The Morgan fingerprint density at radius 1 is 0.774 bits per heavy atom. The van der Waals surface area contributed by atoms with Crippen molar-refractivity contribution in [2.75, 3.05) is 6.79 Å². The van der Waals surface area contributed by atoms with E-state index in [9.17, 15) is 0 Å². The standard InChI is InChI=1S/C29H26O2/c1-4-24-6-8-25(9-7-24)10-13-27-17-19-29(23(3)20-27)18-16-26-11-14-28(15-12-26)21-31-22-30-5-2/h5-9,11-12,14-15,17,19-20H,2,4,21-22H2,1,3H3. The largest absolute Gasteiger partial charge is 0.476 e. The van der Waals surface area contributed by atoms with Crippen LogP contribution in [-0.2, 0) is 22.5 Å². The fourth-order valence-corrected chi connectivity index (χ4v) is 2.93. The lowest BCUT2D eigenvalue weighted by atomic mass is 10.0. The minimum Gasteiger partial charge on any atom is -0.476 e. The van der Waals surface area contributed by atoms with Crippen LogP contribution in [0.4, 0.5) is 0 Å². The minimum atomic E-state index is 0.204. The van der Waals surface area contributed by atoms with Gasteiger partial charge in [-0.3, -0.25) is 0 Å². The zero-order chi connectivity index (χ0) is 21.9. The number of hydrogen-bond donors (Lipinski definition) is 0. The molecule has 31 heavy (non-hydrogen) atoms. The molecule has 0 aliphatic heterocycles. The Morgan fingerprint density at radius 3 is 1.97 bits per heavy atom. The summed E-state index contributed by atoms with van der Waals surface area (Å²) in [5.74, 6) is 13.0. The van der Waals surface area contributed by atoms with Crippen molar-refractivity contribution in [2.24, 2.45) is 0 Å². The molecule has 0 spiro atoms. The predicted octanol–water partition coefficient (Wildman–Crippen LogP) is 5.99. The van der Waals surface area contributed by atoms with E-state index in [-0.39, 0.29) is 6.79 Å². The maximum Gasteiger partial charge on any atom is 0.188 e. The minimum absolute atomic E-state index is 0.204. The van der Waals surface area contributed by atoms with E-state index >= 15 is 0 Å². The Bertz CT molecular complexity index is 1130. The summed E-state index contributed by atoms with van der Waals surface area (Å²) in [4.78, 5) is 0. The Balaban J connectivity index is 1.64. The Labute approximate surface area is 185 Å². The van der Waals surface area contributed by atoms with E-state index in [1.807, 2.05) is 36.4 Å². The summed E-state index contributed by atoms with van der Waals surface area (Å²) in [5.41, 5.74) is 7.50. The molecule has 0 fully saturated rings. The van der Waals surface area contributed by atoms with Crippen molar-refractivity contribution in [1.82, 2.24) is 0 Å². The lowest BCUT2D eigenvalue weighted by Gasteiger charge is -2.03. The summed E-state index contributed by atoms with van der Waals surface area (Å²) in [5, 5.41) is 0. The second kappa shape index (κ2) is 11.5. The maximum absolute atomic E-state index is 5.37. The molecule has 3 aromatic carbocycles. The van der Waals surface area contributed by atoms with E-state index in [4.69, 9.17) is 9.47 Å². The Kier molecular flexibility index (Phi) is 8.13. The number of hydrogen-bond acceptors (Lipinski definition) is 2. The SMILES string of the molecule is C=COCOCc1ccc(C#Cc2ccc(C#Cc3ccc(CC)cc3)cc2C)cc1. The van der Waals surface area contributed by atoms with Gasteiger partial charge in [-0.2, -0.15) is 0 Å². The molecule has 0 amide bonds. The van der Waals surface area contributed by atoms with Gasteiger partial charge in [0.25, 0.3) is 0 Å². The molecule has 2 nitrogen and oxygen atoms in total. The van der Waals surface area contributed by atoms with Gasteiger partial charge in [0.2, 0.25) is 0 Å². The van der Waals surface area contributed by atoms with Crippen LogP contribution in [-0.4, -0.2) is 6.79 Å². The van der Waals surface area contributed by atoms with Crippen LogP contribution in [0.5, 0.6) is 0 Å². The van der Waals surface area contributed by atoms with Crippen LogP contribution in [0.3, 0.4) is 0 Å². The van der Waals surface area contributed by atoms with Gasteiger partial charge in [-0.05, 0) is 72.5 Å². The summed E-state index contributed by atoms with van der Waals surface area (Å²) in [6.07, 6.45) is 2.41. The maximum atomic E-state index is 5.37. The first kappa shape index (κ1) is 22.0. The monoisotopic (exact) mass is 406 g/mol. The van der Waals surface area contributed by atoms with E-state index in [1.54, 1.807) is 0 Å². The zero-order valence-electron chi connectivity index (χ0n) is 18.1. The van der Waals surface area contributed by atoms with Crippen molar-refractivity contribution in [3.05, 3.63) is 119 Å². The molecule has 0 atom stereocenters. The van der Waals surface area contributed by atoms with Crippen LogP contribution in [0.25, 0.3) is 0 Å². The molecule has 0 radical (unpaired) electrons. The summed E-state index contributed by atoms with van der Waals surface area (Å²) in [6, 6.07) is 22.6. The van der Waals surface area contributed by atoms with E-state index in [0.29, 0.717) is 6.61 Å². The number of rotatable bonds is 6. The Morgan fingerprint density at radius 2 is 1.35 bits per heavy atom. The quantitative estimate of drug-likeness (QED) is 0.217. The molecule has 3 rings (SSSR count). The third-order valence-corrected chi connectivity index (χ3v) is 4.77. The molecular weight excluding hydrogens is 380 g/mol. The van der Waals surface area contributed by atoms with Gasteiger partial charge in [-0.1, -0.05) is 61.4 Å². The first-order valence-electron chi connectivity index (χ1n) is 10.3. The molecule has 0 saturated carbocycles. The lowest BCUT2D eigenvalue weighted by molar-refractivity contribution is -0.0202. The molecule has 0 heterocycles. The van der Waals surface area contributed by atoms with Crippen molar-refractivity contribution in [2.45, 2.75) is 26.9 Å². The highest BCUT2D eigenvalue weighted by atomic mass is 16.7. The van der Waals surface area contributed by atoms with Crippen LogP contribution in [0.1, 0.15) is 45.9 Å². The van der Waals surface area contributed by atoms with E-state index in [0.717, 1.165) is 39.8 Å². The van der Waals surface area contributed by atoms with Gasteiger partial charge >= 0.3 is 0 Å². The van der Waals surface area contributed by atoms with Crippen LogP contribution in [0.15, 0.2) is 79.6 Å². The average Bonchev–Trinajstić information content (AvgIpc) is 2.81. The van der Waals surface area contributed by atoms with Gasteiger partial charge in [0, 0.05) is 22.3 Å². The third kappa shape index (κ3) is 6.93. The van der Waals surface area contributed by atoms with Crippen LogP contribution in [0, 0.1) is 30.6 Å². The van der Waals surface area contributed by atoms with Crippen molar-refractivity contribution in [3.8, 4) is 23.7 Å². The van der Waals surface area contributed by atoms with Gasteiger partial charge in [-0.15, -0.1) is 0 Å². The second-order valence-corrected chi connectivity index (χ2v) is 7.08. The van der Waals surface area contributed by atoms with Crippen molar-refractivity contribution in [3.63, 3.8) is 0 Å². The lowest BCUT2D eigenvalue weighted by Crippen LogP contribution is -1.96. The molecule has 0 aliphatic rings. The molecule has 2 heteroatoms. The molecule has 0 aliphatic carbocycles. The van der Waals surface area contributed by atoms with E-state index < -0.39 is 0 Å². The zero-order valence-corrected chi connectivity index (χ0v) is 18.1. The fourth-order valence-electron chi connectivity index (χ4n) is 2.93. The molecule has 0 bridgehead atoms. The van der Waals surface area contributed by atoms with E-state index in [1.165, 1.54) is 11.8 Å². The summed E-state index contributed by atoms with van der Waals surface area (Å²) in [6.45, 7) is 8.39. The summed E-state index contributed by atoms with van der Waals surface area (Å²) >= 11 is 0. The van der Waals surface area contributed by atoms with Crippen molar-refractivity contribution in [1.29, 1.82) is 0 Å². The van der Waals surface area contributed by atoms with E-state index in [2.05, 4.69) is 74.4 Å². The van der Waals surface area contributed by atoms with Gasteiger partial charge in [0.15, 0.2) is 6.79 Å². The van der Waals surface area contributed by atoms with Gasteiger partial charge < -0.3 is 9.47 Å². The molecule has 0 aromatic heterocycles. The van der Waals surface area contributed by atoms with Crippen LogP contribution >= 0.6 is 0 Å². The topological polar surface area (TPSA) is 18.5 Å². The summed E-state index contributed by atoms with van der Waals surface area (Å²) < 4.78 is 10.3. The Hall–Kier alpha value is -3.72. The molecule has 0 N–H and O–H groups in total. The molecule has 0 saturated heterocycles. The van der Waals surface area contributed by atoms with Crippen LogP contribution in [0.2, 0.25) is 0 Å². The summed E-state index contributed by atoms with van der Waals surface area (Å²) in [7, 11) is 0. The first-order chi connectivity index (χ1) is 15.2. The number of ether oxygens (including phenoxy) is 2.